The van der Waals surface area contributed by atoms with Gasteiger partial charge >= 0.3 is 0 Å². The third-order valence-electron chi connectivity index (χ3n) is 7.73. The Morgan fingerprint density at radius 1 is 1.05 bits per heavy atom. The molecule has 37 heavy (non-hydrogen) atoms. The number of benzene rings is 3. The molecular weight excluding hydrogens is 473 g/mol. The summed E-state index contributed by atoms with van der Waals surface area (Å²) in [5.74, 6) is -0.469. The van der Waals surface area contributed by atoms with Gasteiger partial charge in [-0.2, -0.15) is 0 Å². The minimum Gasteiger partial charge on any atom is -0.486 e. The highest BCUT2D eigenvalue weighted by molar-refractivity contribution is 5.86. The van der Waals surface area contributed by atoms with Crippen LogP contribution < -0.4 is 19.7 Å². The molecule has 8 heteroatoms. The number of nitrogens with zero attached hydrogens (tertiary/aromatic N) is 2. The van der Waals surface area contributed by atoms with E-state index in [-0.39, 0.29) is 29.9 Å². The summed E-state index contributed by atoms with van der Waals surface area (Å²) in [6, 6.07) is 17.0. The topological polar surface area (TPSA) is 74.3 Å². The summed E-state index contributed by atoms with van der Waals surface area (Å²) in [6.45, 7) is 4.39. The second-order valence-corrected chi connectivity index (χ2v) is 10.2. The highest BCUT2D eigenvalue weighted by Gasteiger charge is 2.34. The van der Waals surface area contributed by atoms with Gasteiger partial charge in [-0.05, 0) is 66.5 Å². The molecule has 3 aromatic rings. The second kappa shape index (κ2) is 10.2. The number of rotatable bonds is 7. The number of carbonyl (C=O) groups excluding carboxylic acids is 1. The van der Waals surface area contributed by atoms with E-state index < -0.39 is 18.0 Å². The van der Waals surface area contributed by atoms with Crippen LogP contribution >= 0.6 is 0 Å². The second-order valence-electron chi connectivity index (χ2n) is 10.2. The highest BCUT2D eigenvalue weighted by Crippen LogP contribution is 2.36. The molecule has 3 aliphatic heterocycles. The van der Waals surface area contributed by atoms with Crippen molar-refractivity contribution in [2.75, 3.05) is 50.8 Å². The molecule has 3 aromatic carbocycles. The maximum Gasteiger partial charge on any atom is 0.225 e. The monoisotopic (exact) mass is 505 g/mol. The maximum atomic E-state index is 14.7. The van der Waals surface area contributed by atoms with Crippen molar-refractivity contribution in [3.63, 3.8) is 0 Å². The number of aliphatic hydroxyl groups excluding tert-OH is 1. The fourth-order valence-corrected chi connectivity index (χ4v) is 5.48. The zero-order valence-corrected chi connectivity index (χ0v) is 20.7. The average molecular weight is 506 g/mol. The maximum absolute atomic E-state index is 14.7. The van der Waals surface area contributed by atoms with Crippen molar-refractivity contribution in [2.45, 2.75) is 25.0 Å². The highest BCUT2D eigenvalue weighted by atomic mass is 19.1. The quantitative estimate of drug-likeness (QED) is 0.512. The predicted octanol–water partition coefficient (Wildman–Crippen LogP) is 3.50. The summed E-state index contributed by atoms with van der Waals surface area (Å²) in [5.41, 5.74) is 1.48. The Morgan fingerprint density at radius 2 is 1.86 bits per heavy atom. The van der Waals surface area contributed by atoms with Gasteiger partial charge in [0.15, 0.2) is 17.3 Å². The van der Waals surface area contributed by atoms with E-state index in [1.54, 1.807) is 6.07 Å². The van der Waals surface area contributed by atoms with Crippen LogP contribution in [-0.4, -0.2) is 67.9 Å². The fraction of sp³-hybridized carbons (Fsp3) is 0.414. The molecular formula is C29H32FN3O4. The third kappa shape index (κ3) is 4.95. The van der Waals surface area contributed by atoms with Crippen LogP contribution in [0.15, 0.2) is 54.6 Å². The van der Waals surface area contributed by atoms with E-state index >= 15 is 0 Å². The zero-order valence-electron chi connectivity index (χ0n) is 20.7. The molecule has 6 rings (SSSR count). The number of carbonyl (C=O) groups is 1. The Morgan fingerprint density at radius 3 is 2.68 bits per heavy atom. The van der Waals surface area contributed by atoms with E-state index in [2.05, 4.69) is 45.4 Å². The number of aliphatic hydroxyl groups is 1. The number of anilines is 1. The lowest BCUT2D eigenvalue weighted by Crippen LogP contribution is -2.52. The molecule has 0 radical (unpaired) electrons. The third-order valence-corrected chi connectivity index (χ3v) is 7.73. The van der Waals surface area contributed by atoms with Gasteiger partial charge in [0, 0.05) is 25.3 Å². The van der Waals surface area contributed by atoms with Crippen LogP contribution in [0.2, 0.25) is 0 Å². The number of fused-ring (bicyclic) bond motifs is 2. The number of nitrogens with one attached hydrogen (secondary N) is 1. The van der Waals surface area contributed by atoms with Gasteiger partial charge in [-0.1, -0.05) is 30.3 Å². The molecule has 0 spiro atoms. The van der Waals surface area contributed by atoms with Crippen LogP contribution in [0, 0.1) is 11.7 Å². The standard InChI is InChI=1S/C29H32FN3O4/c30-24-15-22(16-26-28(24)37-13-12-36-26)27(34)25(18-32-9-3-10-32)31-29(35)21-8-11-33(17-21)23-7-6-19-4-1-2-5-20(19)14-23/h1-2,4-7,14-16,21,25,27,34H,3,8-13,17-18H2,(H,31,35)/t21-,25-,27-/m1/s1. The summed E-state index contributed by atoms with van der Waals surface area (Å²) in [6.07, 6.45) is 0.760. The summed E-state index contributed by atoms with van der Waals surface area (Å²) in [4.78, 5) is 17.8. The van der Waals surface area contributed by atoms with Gasteiger partial charge in [0.1, 0.15) is 19.3 Å². The van der Waals surface area contributed by atoms with Gasteiger partial charge in [-0.3, -0.25) is 4.79 Å². The summed E-state index contributed by atoms with van der Waals surface area (Å²) >= 11 is 0. The van der Waals surface area contributed by atoms with E-state index in [9.17, 15) is 14.3 Å². The molecule has 3 heterocycles. The van der Waals surface area contributed by atoms with E-state index in [1.807, 2.05) is 12.1 Å². The van der Waals surface area contributed by atoms with Crippen LogP contribution in [0.1, 0.15) is 24.5 Å². The number of hydrogen-bond acceptors (Lipinski definition) is 6. The van der Waals surface area contributed by atoms with Crippen LogP contribution in [-0.2, 0) is 4.79 Å². The lowest BCUT2D eigenvalue weighted by atomic mass is 9.98. The molecule has 0 aromatic heterocycles. The van der Waals surface area contributed by atoms with Gasteiger partial charge in [-0.25, -0.2) is 4.39 Å². The zero-order chi connectivity index (χ0) is 25.4. The first-order valence-electron chi connectivity index (χ1n) is 13.1. The normalized spacial score (nSPS) is 20.9. The number of ether oxygens (including phenoxy) is 2. The van der Waals surface area contributed by atoms with E-state index in [0.29, 0.717) is 25.3 Å². The van der Waals surface area contributed by atoms with E-state index in [1.165, 1.54) is 16.8 Å². The van der Waals surface area contributed by atoms with Gasteiger partial charge in [0.2, 0.25) is 5.91 Å². The molecule has 0 saturated carbocycles. The minimum absolute atomic E-state index is 0.0743. The van der Waals surface area contributed by atoms with E-state index in [4.69, 9.17) is 9.47 Å². The van der Waals surface area contributed by atoms with Crippen molar-refractivity contribution in [1.82, 2.24) is 10.2 Å². The molecule has 2 N–H and O–H groups in total. The first-order chi connectivity index (χ1) is 18.0. The molecule has 2 fully saturated rings. The minimum atomic E-state index is -1.08. The molecule has 3 aliphatic rings. The molecule has 0 bridgehead atoms. The van der Waals surface area contributed by atoms with Crippen molar-refractivity contribution in [3.05, 3.63) is 66.0 Å². The number of hydrogen-bond donors (Lipinski definition) is 2. The molecule has 1 amide bonds. The van der Waals surface area contributed by atoms with Crippen molar-refractivity contribution in [3.8, 4) is 11.5 Å². The average Bonchev–Trinajstić information content (AvgIpc) is 3.40. The summed E-state index contributed by atoms with van der Waals surface area (Å²) in [5, 5.41) is 16.8. The fourth-order valence-electron chi connectivity index (χ4n) is 5.48. The number of amides is 1. The Hall–Kier alpha value is -3.36. The molecule has 0 unspecified atom stereocenters. The van der Waals surface area contributed by atoms with Crippen molar-refractivity contribution in [1.29, 1.82) is 0 Å². The Kier molecular flexibility index (Phi) is 6.61. The van der Waals surface area contributed by atoms with Gasteiger partial charge < -0.3 is 29.7 Å². The molecule has 194 valence electrons. The number of halogens is 1. The van der Waals surface area contributed by atoms with Crippen LogP contribution in [0.25, 0.3) is 10.8 Å². The van der Waals surface area contributed by atoms with E-state index in [0.717, 1.165) is 38.2 Å². The lowest BCUT2D eigenvalue weighted by Gasteiger charge is -2.36. The Bertz CT molecular complexity index is 1300. The lowest BCUT2D eigenvalue weighted by molar-refractivity contribution is -0.126. The Labute approximate surface area is 215 Å². The first-order valence-corrected chi connectivity index (χ1v) is 13.1. The van der Waals surface area contributed by atoms with Crippen LogP contribution in [0.5, 0.6) is 11.5 Å². The predicted molar refractivity (Wildman–Crippen MR) is 140 cm³/mol. The van der Waals surface area contributed by atoms with Gasteiger partial charge in [0.05, 0.1) is 12.0 Å². The van der Waals surface area contributed by atoms with Crippen molar-refractivity contribution < 1.29 is 23.8 Å². The number of likely N-dealkylation sites (tertiary alicyclic amines) is 1. The summed E-state index contributed by atoms with van der Waals surface area (Å²) in [7, 11) is 0. The van der Waals surface area contributed by atoms with Crippen molar-refractivity contribution in [2.24, 2.45) is 5.92 Å². The molecule has 2 saturated heterocycles. The van der Waals surface area contributed by atoms with Gasteiger partial charge in [-0.15, -0.1) is 0 Å². The molecule has 0 aliphatic carbocycles. The van der Waals surface area contributed by atoms with Crippen molar-refractivity contribution >= 4 is 22.4 Å². The largest absolute Gasteiger partial charge is 0.486 e. The summed E-state index contributed by atoms with van der Waals surface area (Å²) < 4.78 is 25.6. The van der Waals surface area contributed by atoms with Gasteiger partial charge in [0.25, 0.3) is 0 Å². The SMILES string of the molecule is O=C(N[C@H](CN1CCC1)[C@H](O)c1cc(F)c2c(c1)OCCO2)[C@@H]1CCN(c2ccc3ccccc3c2)C1. The smallest absolute Gasteiger partial charge is 0.225 e. The molecule has 3 atom stereocenters. The first kappa shape index (κ1) is 24.0. The Balaban J connectivity index is 1.16. The van der Waals surface area contributed by atoms with Crippen LogP contribution in [0.3, 0.4) is 0 Å². The molecule has 7 nitrogen and oxygen atoms in total. The van der Waals surface area contributed by atoms with Crippen LogP contribution in [0.4, 0.5) is 10.1 Å².